The van der Waals surface area contributed by atoms with E-state index in [1.165, 1.54) is 0 Å². The first-order valence-corrected chi connectivity index (χ1v) is 6.59. The van der Waals surface area contributed by atoms with Crippen molar-refractivity contribution in [3.63, 3.8) is 0 Å². The zero-order chi connectivity index (χ0) is 15.1. The number of hydrogen-bond acceptors (Lipinski definition) is 3. The molecule has 0 radical (unpaired) electrons. The molecule has 2 rings (SSSR count). The summed E-state index contributed by atoms with van der Waals surface area (Å²) in [6.45, 7) is 0. The average Bonchev–Trinajstić information content (AvgIpc) is 2.55. The van der Waals surface area contributed by atoms with E-state index in [1.807, 2.05) is 48.5 Å². The summed E-state index contributed by atoms with van der Waals surface area (Å²) >= 11 is 0. The lowest BCUT2D eigenvalue weighted by molar-refractivity contribution is -0.106. The summed E-state index contributed by atoms with van der Waals surface area (Å²) in [6, 6.07) is 15.5. The third-order valence-electron chi connectivity index (χ3n) is 3.06. The highest BCUT2D eigenvalue weighted by atomic mass is 16.7. The van der Waals surface area contributed by atoms with E-state index in [4.69, 9.17) is 14.2 Å². The second kappa shape index (κ2) is 7.49. The van der Waals surface area contributed by atoms with Gasteiger partial charge in [-0.1, -0.05) is 30.0 Å². The van der Waals surface area contributed by atoms with Crippen LogP contribution in [0.2, 0.25) is 0 Å². The van der Waals surface area contributed by atoms with Crippen LogP contribution in [0.4, 0.5) is 0 Å². The van der Waals surface area contributed by atoms with Gasteiger partial charge in [0, 0.05) is 30.9 Å². The number of hydrogen-bond donors (Lipinski definition) is 0. The highest BCUT2D eigenvalue weighted by Crippen LogP contribution is 2.25. The Bertz CT molecular complexity index is 635. The summed E-state index contributed by atoms with van der Waals surface area (Å²) in [7, 11) is 4.84. The molecular formula is C18H18O3. The second-order valence-electron chi connectivity index (χ2n) is 4.37. The molecule has 21 heavy (non-hydrogen) atoms. The summed E-state index contributed by atoms with van der Waals surface area (Å²) in [6.07, 6.45) is -0.448. The standard InChI is InChI=1S/C18H18O3/c1-19-16-11-12-17(18(20-2)21-3)15(13-16)10-9-14-7-5-4-6-8-14/h4-8,11-13,18H,1-3H3. The Kier molecular flexibility index (Phi) is 5.39. The molecule has 0 fully saturated rings. The van der Waals surface area contributed by atoms with Crippen LogP contribution < -0.4 is 4.74 Å². The van der Waals surface area contributed by atoms with Crippen LogP contribution in [0.3, 0.4) is 0 Å². The minimum Gasteiger partial charge on any atom is -0.497 e. The third-order valence-corrected chi connectivity index (χ3v) is 3.06. The minimum atomic E-state index is -0.448. The molecule has 108 valence electrons. The second-order valence-corrected chi connectivity index (χ2v) is 4.37. The van der Waals surface area contributed by atoms with Crippen molar-refractivity contribution in [2.24, 2.45) is 0 Å². The van der Waals surface area contributed by atoms with Crippen LogP contribution in [-0.2, 0) is 9.47 Å². The van der Waals surface area contributed by atoms with Gasteiger partial charge >= 0.3 is 0 Å². The molecule has 0 saturated carbocycles. The molecule has 0 aromatic heterocycles. The summed E-state index contributed by atoms with van der Waals surface area (Å²) in [5, 5.41) is 0. The molecule has 0 N–H and O–H groups in total. The van der Waals surface area contributed by atoms with Gasteiger partial charge in [-0.15, -0.1) is 0 Å². The minimum absolute atomic E-state index is 0.448. The Morgan fingerprint density at radius 1 is 0.857 bits per heavy atom. The third kappa shape index (κ3) is 3.85. The van der Waals surface area contributed by atoms with E-state index in [-0.39, 0.29) is 0 Å². The van der Waals surface area contributed by atoms with Crippen molar-refractivity contribution in [2.45, 2.75) is 6.29 Å². The van der Waals surface area contributed by atoms with Gasteiger partial charge in [-0.05, 0) is 30.3 Å². The Morgan fingerprint density at radius 3 is 2.19 bits per heavy atom. The molecule has 0 aliphatic rings. The van der Waals surface area contributed by atoms with E-state index in [2.05, 4.69) is 11.8 Å². The fraction of sp³-hybridized carbons (Fsp3) is 0.222. The maximum atomic E-state index is 5.32. The SMILES string of the molecule is COc1ccc(C(OC)OC)c(C#Cc2ccccc2)c1. The summed E-state index contributed by atoms with van der Waals surface area (Å²) in [5.41, 5.74) is 2.66. The molecule has 0 atom stereocenters. The predicted molar refractivity (Wildman–Crippen MR) is 82.2 cm³/mol. The van der Waals surface area contributed by atoms with Gasteiger partial charge in [-0.3, -0.25) is 0 Å². The van der Waals surface area contributed by atoms with E-state index in [0.29, 0.717) is 0 Å². The van der Waals surface area contributed by atoms with Crippen LogP contribution in [0.15, 0.2) is 48.5 Å². The number of ether oxygens (including phenoxy) is 3. The molecule has 0 saturated heterocycles. The lowest BCUT2D eigenvalue weighted by atomic mass is 10.1. The lowest BCUT2D eigenvalue weighted by Gasteiger charge is -2.16. The summed E-state index contributed by atoms with van der Waals surface area (Å²) < 4.78 is 15.9. The topological polar surface area (TPSA) is 27.7 Å². The monoisotopic (exact) mass is 282 g/mol. The molecule has 0 amide bonds. The van der Waals surface area contributed by atoms with Crippen molar-refractivity contribution in [3.8, 4) is 17.6 Å². The molecule has 2 aromatic rings. The summed E-state index contributed by atoms with van der Waals surface area (Å²) in [4.78, 5) is 0. The predicted octanol–water partition coefficient (Wildman–Crippen LogP) is 3.39. The Balaban J connectivity index is 2.42. The molecule has 0 bridgehead atoms. The number of benzene rings is 2. The van der Waals surface area contributed by atoms with Crippen LogP contribution >= 0.6 is 0 Å². The van der Waals surface area contributed by atoms with E-state index < -0.39 is 6.29 Å². The van der Waals surface area contributed by atoms with E-state index in [0.717, 1.165) is 22.4 Å². The first-order valence-electron chi connectivity index (χ1n) is 6.59. The number of methoxy groups -OCH3 is 3. The number of rotatable bonds is 4. The van der Waals surface area contributed by atoms with Crippen molar-refractivity contribution in [3.05, 3.63) is 65.2 Å². The molecule has 0 aliphatic heterocycles. The smallest absolute Gasteiger partial charge is 0.184 e. The molecule has 2 aromatic carbocycles. The first kappa shape index (κ1) is 15.1. The lowest BCUT2D eigenvalue weighted by Crippen LogP contribution is -2.06. The van der Waals surface area contributed by atoms with Gasteiger partial charge < -0.3 is 14.2 Å². The van der Waals surface area contributed by atoms with E-state index >= 15 is 0 Å². The van der Waals surface area contributed by atoms with E-state index in [1.54, 1.807) is 21.3 Å². The quantitative estimate of drug-likeness (QED) is 0.635. The fourth-order valence-corrected chi connectivity index (χ4v) is 1.99. The average molecular weight is 282 g/mol. The van der Waals surface area contributed by atoms with Crippen molar-refractivity contribution in [1.82, 2.24) is 0 Å². The molecule has 3 heteroatoms. The molecule has 0 unspecified atom stereocenters. The van der Waals surface area contributed by atoms with Gasteiger partial charge in [0.05, 0.1) is 7.11 Å². The maximum absolute atomic E-state index is 5.32. The van der Waals surface area contributed by atoms with Crippen molar-refractivity contribution >= 4 is 0 Å². The molecule has 0 heterocycles. The Labute approximate surface area is 125 Å². The fourth-order valence-electron chi connectivity index (χ4n) is 1.99. The van der Waals surface area contributed by atoms with Crippen LogP contribution in [0.1, 0.15) is 23.0 Å². The van der Waals surface area contributed by atoms with Gasteiger partial charge in [0.15, 0.2) is 6.29 Å². The molecular weight excluding hydrogens is 264 g/mol. The van der Waals surface area contributed by atoms with Crippen LogP contribution in [0.5, 0.6) is 5.75 Å². The highest BCUT2D eigenvalue weighted by Gasteiger charge is 2.13. The zero-order valence-corrected chi connectivity index (χ0v) is 12.4. The van der Waals surface area contributed by atoms with Crippen molar-refractivity contribution < 1.29 is 14.2 Å². The molecule has 3 nitrogen and oxygen atoms in total. The molecule has 0 aliphatic carbocycles. The van der Waals surface area contributed by atoms with Gasteiger partial charge in [0.1, 0.15) is 5.75 Å². The highest BCUT2D eigenvalue weighted by molar-refractivity contribution is 5.50. The van der Waals surface area contributed by atoms with Gasteiger partial charge in [-0.2, -0.15) is 0 Å². The Morgan fingerprint density at radius 2 is 1.57 bits per heavy atom. The summed E-state index contributed by atoms with van der Waals surface area (Å²) in [5.74, 6) is 7.05. The van der Waals surface area contributed by atoms with Gasteiger partial charge in [0.25, 0.3) is 0 Å². The molecule has 0 spiro atoms. The first-order chi connectivity index (χ1) is 10.3. The van der Waals surface area contributed by atoms with Crippen LogP contribution in [0.25, 0.3) is 0 Å². The van der Waals surface area contributed by atoms with Crippen molar-refractivity contribution in [1.29, 1.82) is 0 Å². The van der Waals surface area contributed by atoms with E-state index in [9.17, 15) is 0 Å². The normalized spacial score (nSPS) is 10.1. The maximum Gasteiger partial charge on any atom is 0.184 e. The van der Waals surface area contributed by atoms with Crippen LogP contribution in [-0.4, -0.2) is 21.3 Å². The zero-order valence-electron chi connectivity index (χ0n) is 12.4. The largest absolute Gasteiger partial charge is 0.497 e. The van der Waals surface area contributed by atoms with Gasteiger partial charge in [0.2, 0.25) is 0 Å². The Hall–Kier alpha value is -2.28. The van der Waals surface area contributed by atoms with Crippen molar-refractivity contribution in [2.75, 3.05) is 21.3 Å². The van der Waals surface area contributed by atoms with Gasteiger partial charge in [-0.25, -0.2) is 0 Å². The van der Waals surface area contributed by atoms with Crippen LogP contribution in [0, 0.1) is 11.8 Å².